The molecule has 0 atom stereocenters. The van der Waals surface area contributed by atoms with E-state index in [-0.39, 0.29) is 17.3 Å². The highest BCUT2D eigenvalue weighted by molar-refractivity contribution is 5.82. The lowest BCUT2D eigenvalue weighted by Crippen LogP contribution is -2.39. The lowest BCUT2D eigenvalue weighted by atomic mass is 9.60. The predicted octanol–water partition coefficient (Wildman–Crippen LogP) is 6.55. The average molecular weight is 346 g/mol. The van der Waals surface area contributed by atoms with Crippen molar-refractivity contribution in [3.63, 3.8) is 0 Å². The average Bonchev–Trinajstić information content (AvgIpc) is 3.01. The van der Waals surface area contributed by atoms with E-state index in [9.17, 15) is 0 Å². The van der Waals surface area contributed by atoms with Crippen molar-refractivity contribution in [1.82, 2.24) is 0 Å². The zero-order valence-electron chi connectivity index (χ0n) is 15.2. The largest absolute Gasteiger partial charge is 0.0763 e. The third kappa shape index (κ3) is 2.37. The predicted molar refractivity (Wildman–Crippen MR) is 114 cm³/mol. The maximum atomic E-state index is 2.36. The van der Waals surface area contributed by atoms with Crippen molar-refractivity contribution >= 4 is 0 Å². The molecule has 2 aromatic carbocycles. The first kappa shape index (κ1) is 16.1. The van der Waals surface area contributed by atoms with Crippen LogP contribution >= 0.6 is 0 Å². The molecule has 0 aromatic heterocycles. The second kappa shape index (κ2) is 6.55. The molecule has 2 aromatic rings. The first-order chi connectivity index (χ1) is 13.4. The molecular weight excluding hydrogens is 324 g/mol. The molecule has 0 radical (unpaired) electrons. The Morgan fingerprint density at radius 3 is 1.22 bits per heavy atom. The molecule has 0 unspecified atom stereocenters. The van der Waals surface area contributed by atoms with E-state index in [0.717, 1.165) is 0 Å². The summed E-state index contributed by atoms with van der Waals surface area (Å²) in [6.07, 6.45) is 26.7. The molecule has 0 nitrogen and oxygen atoms in total. The molecule has 0 bridgehead atoms. The molecule has 0 amide bonds. The summed E-state index contributed by atoms with van der Waals surface area (Å²) in [6, 6.07) is 17.9. The molecule has 0 aliphatic heterocycles. The van der Waals surface area contributed by atoms with E-state index in [4.69, 9.17) is 0 Å². The maximum Gasteiger partial charge on any atom is 0.0409 e. The highest BCUT2D eigenvalue weighted by Crippen LogP contribution is 2.58. The smallest absolute Gasteiger partial charge is 0.0409 e. The minimum absolute atomic E-state index is 0.148. The fourth-order valence-corrected chi connectivity index (χ4v) is 4.97. The highest BCUT2D eigenvalue weighted by atomic mass is 14.5. The molecule has 130 valence electrons. The second-order valence-electron chi connectivity index (χ2n) is 7.32. The van der Waals surface area contributed by atoms with Gasteiger partial charge in [-0.3, -0.25) is 0 Å². The van der Waals surface area contributed by atoms with E-state index in [1.807, 2.05) is 0 Å². The van der Waals surface area contributed by atoms with Crippen LogP contribution in [0.25, 0.3) is 11.1 Å². The van der Waals surface area contributed by atoms with Crippen LogP contribution in [0.1, 0.15) is 11.1 Å². The third-order valence-corrected chi connectivity index (χ3v) is 6.03. The van der Waals surface area contributed by atoms with Crippen molar-refractivity contribution in [2.45, 2.75) is 5.41 Å². The van der Waals surface area contributed by atoms with Crippen LogP contribution in [0.4, 0.5) is 0 Å². The van der Waals surface area contributed by atoms with Crippen molar-refractivity contribution in [2.24, 2.45) is 11.8 Å². The van der Waals surface area contributed by atoms with Crippen molar-refractivity contribution < 1.29 is 0 Å². The van der Waals surface area contributed by atoms with E-state index < -0.39 is 0 Å². The molecule has 0 saturated carbocycles. The number of hydrogen-bond donors (Lipinski definition) is 0. The summed E-state index contributed by atoms with van der Waals surface area (Å²) in [6.45, 7) is 0. The van der Waals surface area contributed by atoms with E-state index in [1.54, 1.807) is 0 Å². The van der Waals surface area contributed by atoms with Gasteiger partial charge in [0.25, 0.3) is 0 Å². The van der Waals surface area contributed by atoms with Crippen molar-refractivity contribution in [1.29, 1.82) is 0 Å². The van der Waals surface area contributed by atoms with Crippen LogP contribution in [0, 0.1) is 11.8 Å². The Kier molecular flexibility index (Phi) is 3.90. The fraction of sp³-hybridized carbons (Fsp3) is 0.111. The van der Waals surface area contributed by atoms with Crippen LogP contribution in [-0.2, 0) is 5.41 Å². The van der Waals surface area contributed by atoms with Crippen LogP contribution in [0.5, 0.6) is 0 Å². The second-order valence-corrected chi connectivity index (χ2v) is 7.32. The summed E-state index contributed by atoms with van der Waals surface area (Å²) in [7, 11) is 0. The highest BCUT2D eigenvalue weighted by Gasteiger charge is 2.50. The molecule has 0 N–H and O–H groups in total. The van der Waals surface area contributed by atoms with Gasteiger partial charge in [0.05, 0.1) is 0 Å². The first-order valence-electron chi connectivity index (χ1n) is 9.65. The summed E-state index contributed by atoms with van der Waals surface area (Å²) in [5.41, 5.74) is 5.44. The van der Waals surface area contributed by atoms with Gasteiger partial charge in [0.2, 0.25) is 0 Å². The van der Waals surface area contributed by atoms with Gasteiger partial charge in [0.15, 0.2) is 0 Å². The minimum Gasteiger partial charge on any atom is -0.0763 e. The quantitative estimate of drug-likeness (QED) is 0.578. The van der Waals surface area contributed by atoms with Crippen LogP contribution in [0.15, 0.2) is 121 Å². The standard InChI is InChI=1S/C27H22/c1-2-6-14-21(13-5-1)27(22-15-7-3-4-8-16-22)25-19-11-9-17-23(25)24-18-10-12-20-26(24)27/h1-22H. The van der Waals surface area contributed by atoms with Gasteiger partial charge in [0, 0.05) is 17.3 Å². The Bertz CT molecular complexity index is 922. The zero-order chi connectivity index (χ0) is 18.1. The molecular formula is C27H22. The van der Waals surface area contributed by atoms with E-state index >= 15 is 0 Å². The minimum atomic E-state index is -0.148. The summed E-state index contributed by atoms with van der Waals surface area (Å²) in [4.78, 5) is 0. The van der Waals surface area contributed by atoms with Crippen molar-refractivity contribution in [3.05, 3.63) is 133 Å². The summed E-state index contributed by atoms with van der Waals surface area (Å²) >= 11 is 0. The van der Waals surface area contributed by atoms with E-state index in [1.165, 1.54) is 22.3 Å². The molecule has 27 heavy (non-hydrogen) atoms. The molecule has 3 aliphatic rings. The molecule has 3 aliphatic carbocycles. The monoisotopic (exact) mass is 346 g/mol. The normalized spacial score (nSPS) is 19.7. The van der Waals surface area contributed by atoms with Gasteiger partial charge in [-0.1, -0.05) is 121 Å². The first-order valence-corrected chi connectivity index (χ1v) is 9.65. The van der Waals surface area contributed by atoms with Gasteiger partial charge >= 0.3 is 0 Å². The Morgan fingerprint density at radius 1 is 0.444 bits per heavy atom. The number of benzene rings is 2. The Morgan fingerprint density at radius 2 is 0.815 bits per heavy atom. The Balaban J connectivity index is 1.86. The van der Waals surface area contributed by atoms with Gasteiger partial charge in [-0.15, -0.1) is 0 Å². The van der Waals surface area contributed by atoms with Gasteiger partial charge in [0.1, 0.15) is 0 Å². The molecule has 0 fully saturated rings. The van der Waals surface area contributed by atoms with Crippen LogP contribution < -0.4 is 0 Å². The lowest BCUT2D eigenvalue weighted by Gasteiger charge is -2.41. The summed E-state index contributed by atoms with van der Waals surface area (Å²) < 4.78 is 0. The molecule has 0 saturated heterocycles. The van der Waals surface area contributed by atoms with Crippen LogP contribution in [0.2, 0.25) is 0 Å². The van der Waals surface area contributed by atoms with Crippen LogP contribution in [-0.4, -0.2) is 0 Å². The molecule has 0 spiro atoms. The lowest BCUT2D eigenvalue weighted by molar-refractivity contribution is 0.385. The summed E-state index contributed by atoms with van der Waals surface area (Å²) in [5.74, 6) is 0.546. The molecule has 0 heterocycles. The third-order valence-electron chi connectivity index (χ3n) is 6.03. The Labute approximate surface area is 161 Å². The zero-order valence-corrected chi connectivity index (χ0v) is 15.2. The SMILES string of the molecule is C1=CC=CC(C2(C3C=CC=CC=C3)c3ccccc3-c3ccccc32)C=C1. The van der Waals surface area contributed by atoms with Crippen molar-refractivity contribution in [2.75, 3.05) is 0 Å². The fourth-order valence-electron chi connectivity index (χ4n) is 4.97. The maximum absolute atomic E-state index is 2.36. The van der Waals surface area contributed by atoms with Gasteiger partial charge in [-0.2, -0.15) is 0 Å². The molecule has 0 heteroatoms. The number of fused-ring (bicyclic) bond motifs is 3. The number of hydrogen-bond acceptors (Lipinski definition) is 0. The van der Waals surface area contributed by atoms with Crippen molar-refractivity contribution in [3.8, 4) is 11.1 Å². The van der Waals surface area contributed by atoms with Crippen LogP contribution in [0.3, 0.4) is 0 Å². The number of allylic oxidation sites excluding steroid dienone is 12. The topological polar surface area (TPSA) is 0 Å². The van der Waals surface area contributed by atoms with E-state index in [0.29, 0.717) is 0 Å². The van der Waals surface area contributed by atoms with E-state index in [2.05, 4.69) is 121 Å². The van der Waals surface area contributed by atoms with Gasteiger partial charge in [-0.25, -0.2) is 0 Å². The Hall–Kier alpha value is -3.12. The van der Waals surface area contributed by atoms with Gasteiger partial charge < -0.3 is 0 Å². The van der Waals surface area contributed by atoms with Gasteiger partial charge in [-0.05, 0) is 22.3 Å². The summed E-state index contributed by atoms with van der Waals surface area (Å²) in [5, 5.41) is 0. The number of rotatable bonds is 2. The molecule has 5 rings (SSSR count).